The predicted molar refractivity (Wildman–Crippen MR) is 123 cm³/mol. The van der Waals surface area contributed by atoms with Gasteiger partial charge in [-0.1, -0.05) is 91.0 Å². The van der Waals surface area contributed by atoms with Gasteiger partial charge in [-0.3, -0.25) is 0 Å². The Morgan fingerprint density at radius 3 is 1.72 bits per heavy atom. The highest BCUT2D eigenvalue weighted by molar-refractivity contribution is 8.34. The van der Waals surface area contributed by atoms with E-state index in [9.17, 15) is 0 Å². The van der Waals surface area contributed by atoms with Crippen LogP contribution in [0, 0.1) is 0 Å². The normalized spacial score (nSPS) is 14.9. The summed E-state index contributed by atoms with van der Waals surface area (Å²) >= 11 is 0. The Labute approximate surface area is 172 Å². The fourth-order valence-corrected chi connectivity index (χ4v) is 9.14. The van der Waals surface area contributed by atoms with Crippen LogP contribution in [0.2, 0.25) is 0 Å². The molecule has 1 aliphatic rings. The molecular formula is C28H20S. The largest absolute Gasteiger partial charge is 0.131 e. The molecule has 0 amide bonds. The lowest BCUT2D eigenvalue weighted by Gasteiger charge is -2.39. The summed E-state index contributed by atoms with van der Waals surface area (Å²) in [7, 11) is -1.56. The van der Waals surface area contributed by atoms with Gasteiger partial charge in [0.25, 0.3) is 0 Å². The average molecular weight is 389 g/mol. The van der Waals surface area contributed by atoms with E-state index >= 15 is 0 Å². The molecule has 0 nitrogen and oxygen atoms in total. The molecule has 0 atom stereocenters. The molecule has 1 heteroatoms. The van der Waals surface area contributed by atoms with Gasteiger partial charge >= 0.3 is 0 Å². The molecule has 29 heavy (non-hydrogen) atoms. The summed E-state index contributed by atoms with van der Waals surface area (Å²) in [4.78, 5) is 5.72. The van der Waals surface area contributed by atoms with Crippen molar-refractivity contribution in [1.29, 1.82) is 0 Å². The summed E-state index contributed by atoms with van der Waals surface area (Å²) in [6.45, 7) is 0. The van der Waals surface area contributed by atoms with E-state index in [2.05, 4.69) is 121 Å². The molecule has 0 saturated heterocycles. The van der Waals surface area contributed by atoms with Crippen molar-refractivity contribution in [3.05, 3.63) is 121 Å². The predicted octanol–water partition coefficient (Wildman–Crippen LogP) is 8.16. The molecule has 0 aliphatic carbocycles. The second-order valence-corrected chi connectivity index (χ2v) is 10.4. The van der Waals surface area contributed by atoms with E-state index in [0.29, 0.717) is 0 Å². The Bertz CT molecular complexity index is 1300. The van der Waals surface area contributed by atoms with E-state index in [1.165, 1.54) is 41.5 Å². The summed E-state index contributed by atoms with van der Waals surface area (Å²) in [6, 6.07) is 44.7. The molecule has 138 valence electrons. The Balaban J connectivity index is 1.88. The molecular weight excluding hydrogens is 368 g/mol. The van der Waals surface area contributed by atoms with Crippen LogP contribution in [-0.4, -0.2) is 0 Å². The van der Waals surface area contributed by atoms with Crippen molar-refractivity contribution in [3.63, 3.8) is 0 Å². The van der Waals surface area contributed by atoms with E-state index < -0.39 is 10.0 Å². The van der Waals surface area contributed by atoms with Gasteiger partial charge < -0.3 is 0 Å². The minimum atomic E-state index is -1.56. The van der Waals surface area contributed by atoms with Gasteiger partial charge in [0, 0.05) is 19.6 Å². The van der Waals surface area contributed by atoms with Crippen molar-refractivity contribution >= 4 is 20.8 Å². The summed E-state index contributed by atoms with van der Waals surface area (Å²) in [5.41, 5.74) is 2.75. The fourth-order valence-electron chi connectivity index (χ4n) is 4.73. The van der Waals surface area contributed by atoms with Crippen molar-refractivity contribution in [3.8, 4) is 11.1 Å². The van der Waals surface area contributed by atoms with Crippen molar-refractivity contribution in [2.24, 2.45) is 0 Å². The van der Waals surface area contributed by atoms with E-state index in [1.807, 2.05) is 0 Å². The van der Waals surface area contributed by atoms with Crippen LogP contribution in [0.3, 0.4) is 0 Å². The summed E-state index contributed by atoms with van der Waals surface area (Å²) in [5.74, 6) is 0. The zero-order chi connectivity index (χ0) is 19.3. The van der Waals surface area contributed by atoms with Gasteiger partial charge in [-0.15, -0.1) is 10.0 Å². The van der Waals surface area contributed by atoms with Crippen LogP contribution in [0.1, 0.15) is 0 Å². The van der Waals surface area contributed by atoms with Crippen molar-refractivity contribution in [2.45, 2.75) is 19.6 Å². The summed E-state index contributed by atoms with van der Waals surface area (Å²) in [6.07, 6.45) is 0. The molecule has 0 fully saturated rings. The first-order chi connectivity index (χ1) is 14.4. The van der Waals surface area contributed by atoms with Gasteiger partial charge in [0.15, 0.2) is 0 Å². The Morgan fingerprint density at radius 1 is 0.414 bits per heavy atom. The molecule has 6 rings (SSSR count). The molecule has 5 aromatic rings. The zero-order valence-electron chi connectivity index (χ0n) is 16.0. The van der Waals surface area contributed by atoms with Crippen LogP contribution in [-0.2, 0) is 0 Å². The number of rotatable bonds is 2. The molecule has 0 aromatic heterocycles. The number of hydrogen-bond donors (Lipinski definition) is 0. The molecule has 5 aromatic carbocycles. The first-order valence-corrected chi connectivity index (χ1v) is 11.6. The lowest BCUT2D eigenvalue weighted by atomic mass is 10.0. The van der Waals surface area contributed by atoms with Gasteiger partial charge in [-0.25, -0.2) is 0 Å². The molecule has 0 unspecified atom stereocenters. The average Bonchev–Trinajstić information content (AvgIpc) is 3.12. The number of benzene rings is 5. The molecule has 0 spiro atoms. The summed E-state index contributed by atoms with van der Waals surface area (Å²) < 4.78 is 0. The van der Waals surface area contributed by atoms with E-state index in [-0.39, 0.29) is 0 Å². The van der Waals surface area contributed by atoms with Crippen molar-refractivity contribution in [2.75, 3.05) is 0 Å². The molecule has 0 bridgehead atoms. The van der Waals surface area contributed by atoms with Crippen LogP contribution in [0.4, 0.5) is 0 Å². The topological polar surface area (TPSA) is 0 Å². The van der Waals surface area contributed by atoms with Gasteiger partial charge in [-0.2, -0.15) is 0 Å². The van der Waals surface area contributed by atoms with Gasteiger partial charge in [0.2, 0.25) is 0 Å². The van der Waals surface area contributed by atoms with Crippen LogP contribution in [0.5, 0.6) is 0 Å². The van der Waals surface area contributed by atoms with E-state index in [0.717, 1.165) is 0 Å². The highest BCUT2D eigenvalue weighted by Gasteiger charge is 2.42. The number of fused-ring (bicyclic) bond motifs is 5. The Kier molecular flexibility index (Phi) is 3.65. The fraction of sp³-hybridized carbons (Fsp3) is 0. The van der Waals surface area contributed by atoms with Crippen molar-refractivity contribution in [1.82, 2.24) is 0 Å². The standard InChI is InChI=1S/C28H20S/c1-3-12-22(13-4-1)29(23-14-5-2-6-15-23)27-18-10-9-17-25(27)26-20-19-21-11-7-8-16-24(21)28(26)29/h1-20H. The third kappa shape index (κ3) is 2.22. The molecule has 0 N–H and O–H groups in total. The second kappa shape index (κ2) is 6.37. The maximum absolute atomic E-state index is 2.35. The van der Waals surface area contributed by atoms with Gasteiger partial charge in [-0.05, 0) is 52.2 Å². The summed E-state index contributed by atoms with van der Waals surface area (Å²) in [5, 5.41) is 2.67. The minimum Gasteiger partial charge on any atom is -0.131 e. The first-order valence-electron chi connectivity index (χ1n) is 9.95. The van der Waals surface area contributed by atoms with Gasteiger partial charge in [0.05, 0.1) is 0 Å². The molecule has 1 heterocycles. The maximum atomic E-state index is 2.35. The first kappa shape index (κ1) is 16.6. The zero-order valence-corrected chi connectivity index (χ0v) is 16.8. The third-order valence-electron chi connectivity index (χ3n) is 5.89. The molecule has 0 radical (unpaired) electrons. The van der Waals surface area contributed by atoms with Gasteiger partial charge in [0.1, 0.15) is 0 Å². The van der Waals surface area contributed by atoms with Crippen LogP contribution in [0.25, 0.3) is 21.9 Å². The lowest BCUT2D eigenvalue weighted by Crippen LogP contribution is -2.02. The Hall–Kier alpha value is -3.29. The third-order valence-corrected chi connectivity index (χ3v) is 9.91. The molecule has 1 aliphatic heterocycles. The van der Waals surface area contributed by atoms with Crippen LogP contribution in [0.15, 0.2) is 141 Å². The SMILES string of the molecule is c1ccc(S2(c3ccccc3)c3ccccc3-c3ccc4ccccc4c32)cc1. The van der Waals surface area contributed by atoms with E-state index in [1.54, 1.807) is 0 Å². The lowest BCUT2D eigenvalue weighted by molar-refractivity contribution is 1.30. The Morgan fingerprint density at radius 2 is 1.00 bits per heavy atom. The van der Waals surface area contributed by atoms with Crippen LogP contribution >= 0.6 is 10.0 Å². The smallest absolute Gasteiger partial charge is 0.0181 e. The van der Waals surface area contributed by atoms with E-state index in [4.69, 9.17) is 0 Å². The highest BCUT2D eigenvalue weighted by atomic mass is 32.3. The highest BCUT2D eigenvalue weighted by Crippen LogP contribution is 2.80. The minimum absolute atomic E-state index is 1.31. The monoisotopic (exact) mass is 388 g/mol. The maximum Gasteiger partial charge on any atom is 0.0181 e. The molecule has 0 saturated carbocycles. The number of hydrogen-bond acceptors (Lipinski definition) is 0. The van der Waals surface area contributed by atoms with Crippen molar-refractivity contribution < 1.29 is 0 Å². The second-order valence-electron chi connectivity index (χ2n) is 7.40. The van der Waals surface area contributed by atoms with Crippen LogP contribution < -0.4 is 0 Å². The quantitative estimate of drug-likeness (QED) is 0.281.